The van der Waals surface area contributed by atoms with Crippen LogP contribution >= 0.6 is 11.8 Å². The third kappa shape index (κ3) is 3.73. The van der Waals surface area contributed by atoms with E-state index in [4.69, 9.17) is 0 Å². The van der Waals surface area contributed by atoms with Crippen LogP contribution in [-0.2, 0) is 6.42 Å². The summed E-state index contributed by atoms with van der Waals surface area (Å²) in [7, 11) is 0. The van der Waals surface area contributed by atoms with E-state index < -0.39 is 0 Å². The minimum Gasteiger partial charge on any atom is -0.359 e. The van der Waals surface area contributed by atoms with Crippen molar-refractivity contribution in [1.82, 2.24) is 5.32 Å². The maximum Gasteiger partial charge on any atom is 0.157 e. The Morgan fingerprint density at radius 3 is 2.61 bits per heavy atom. The average Bonchev–Trinajstić information content (AvgIpc) is 2.61. The Bertz CT molecular complexity index is 440. The lowest BCUT2D eigenvalue weighted by molar-refractivity contribution is 0.534. The van der Waals surface area contributed by atoms with Gasteiger partial charge in [0, 0.05) is 11.3 Å². The minimum atomic E-state index is -0.188. The number of halogens is 1. The number of rotatable bonds is 3. The molecule has 0 aromatic heterocycles. The molecule has 98 valence electrons. The molecule has 18 heavy (non-hydrogen) atoms. The van der Waals surface area contributed by atoms with Crippen LogP contribution in [0, 0.1) is 5.82 Å². The molecule has 2 nitrogen and oxygen atoms in total. The number of amidine groups is 1. The van der Waals surface area contributed by atoms with Crippen molar-refractivity contribution in [2.75, 3.05) is 5.75 Å². The van der Waals surface area contributed by atoms with Crippen LogP contribution in [0.2, 0.25) is 0 Å². The number of nitrogens with one attached hydrogen (secondary N) is 1. The first kappa shape index (κ1) is 13.4. The lowest BCUT2D eigenvalue weighted by Gasteiger charge is -2.16. The van der Waals surface area contributed by atoms with E-state index in [0.717, 1.165) is 22.9 Å². The summed E-state index contributed by atoms with van der Waals surface area (Å²) in [5.41, 5.74) is 1.26. The largest absolute Gasteiger partial charge is 0.359 e. The van der Waals surface area contributed by atoms with E-state index in [9.17, 15) is 4.39 Å². The highest BCUT2D eigenvalue weighted by molar-refractivity contribution is 8.14. The van der Waals surface area contributed by atoms with Crippen LogP contribution in [0.25, 0.3) is 0 Å². The van der Waals surface area contributed by atoms with Crippen LogP contribution in [-0.4, -0.2) is 22.5 Å². The molecule has 0 aliphatic carbocycles. The zero-order valence-corrected chi connectivity index (χ0v) is 11.9. The predicted octanol–water partition coefficient (Wildman–Crippen LogP) is 3.23. The number of aliphatic imine (C=N–C) groups is 1. The summed E-state index contributed by atoms with van der Waals surface area (Å²) in [6, 6.07) is 6.86. The quantitative estimate of drug-likeness (QED) is 0.908. The fraction of sp³-hybridized carbons (Fsp3) is 0.500. The molecule has 1 saturated heterocycles. The molecule has 0 saturated carbocycles. The first-order valence-corrected chi connectivity index (χ1v) is 7.16. The van der Waals surface area contributed by atoms with E-state index >= 15 is 0 Å². The van der Waals surface area contributed by atoms with Crippen LogP contribution in [0.15, 0.2) is 29.3 Å². The SMILES string of the molecule is CC(Cc1ccc(F)cc1)N=C1NC(C)(C)CS1. The highest BCUT2D eigenvalue weighted by Crippen LogP contribution is 2.22. The molecule has 1 aromatic rings. The lowest BCUT2D eigenvalue weighted by Crippen LogP contribution is -2.37. The molecule has 1 aliphatic rings. The fourth-order valence-corrected chi connectivity index (χ4v) is 3.06. The molecule has 1 N–H and O–H groups in total. The van der Waals surface area contributed by atoms with Crippen molar-refractivity contribution in [2.45, 2.75) is 38.8 Å². The molecule has 4 heteroatoms. The number of hydrogen-bond donors (Lipinski definition) is 1. The smallest absolute Gasteiger partial charge is 0.157 e. The Hall–Kier alpha value is -1.03. The average molecular weight is 266 g/mol. The Balaban J connectivity index is 1.95. The van der Waals surface area contributed by atoms with Gasteiger partial charge >= 0.3 is 0 Å². The molecule has 1 atom stereocenters. The Kier molecular flexibility index (Phi) is 3.95. The van der Waals surface area contributed by atoms with E-state index in [1.807, 2.05) is 12.1 Å². The zero-order valence-electron chi connectivity index (χ0n) is 11.0. The van der Waals surface area contributed by atoms with E-state index in [1.54, 1.807) is 11.8 Å². The number of nitrogens with zero attached hydrogens (tertiary/aromatic N) is 1. The summed E-state index contributed by atoms with van der Waals surface area (Å²) >= 11 is 1.77. The van der Waals surface area contributed by atoms with E-state index in [-0.39, 0.29) is 17.4 Å². The van der Waals surface area contributed by atoms with Crippen molar-refractivity contribution in [3.63, 3.8) is 0 Å². The van der Waals surface area contributed by atoms with Crippen LogP contribution in [0.5, 0.6) is 0 Å². The maximum atomic E-state index is 12.8. The maximum absolute atomic E-state index is 12.8. The zero-order chi connectivity index (χ0) is 13.2. The summed E-state index contributed by atoms with van der Waals surface area (Å²) in [6.07, 6.45) is 0.840. The fourth-order valence-electron chi connectivity index (χ4n) is 1.89. The van der Waals surface area contributed by atoms with E-state index in [0.29, 0.717) is 0 Å². The van der Waals surface area contributed by atoms with Gasteiger partial charge in [0.1, 0.15) is 5.82 Å². The van der Waals surface area contributed by atoms with Crippen molar-refractivity contribution in [3.05, 3.63) is 35.6 Å². The van der Waals surface area contributed by atoms with Gasteiger partial charge in [0.2, 0.25) is 0 Å². The standard InChI is InChI=1S/C14H19FN2S/c1-10(8-11-4-6-12(15)7-5-11)16-13-17-14(2,3)9-18-13/h4-7,10H,8-9H2,1-3H3,(H,16,17). The molecule has 0 amide bonds. The lowest BCUT2D eigenvalue weighted by atomic mass is 10.1. The van der Waals surface area contributed by atoms with Crippen LogP contribution < -0.4 is 5.32 Å². The molecular weight excluding hydrogens is 247 g/mol. The van der Waals surface area contributed by atoms with Gasteiger partial charge in [-0.3, -0.25) is 4.99 Å². The molecule has 0 spiro atoms. The molecule has 1 heterocycles. The molecule has 1 aromatic carbocycles. The van der Waals surface area contributed by atoms with Crippen molar-refractivity contribution >= 4 is 16.9 Å². The Morgan fingerprint density at radius 2 is 2.06 bits per heavy atom. The number of benzene rings is 1. The molecule has 1 unspecified atom stereocenters. The van der Waals surface area contributed by atoms with Gasteiger partial charge in [-0.25, -0.2) is 4.39 Å². The molecule has 0 radical (unpaired) electrons. The predicted molar refractivity (Wildman–Crippen MR) is 76.7 cm³/mol. The minimum absolute atomic E-state index is 0.138. The second kappa shape index (κ2) is 5.31. The van der Waals surface area contributed by atoms with Gasteiger partial charge in [0.15, 0.2) is 5.17 Å². The van der Waals surface area contributed by atoms with Crippen molar-refractivity contribution in [1.29, 1.82) is 0 Å². The van der Waals surface area contributed by atoms with Crippen molar-refractivity contribution < 1.29 is 4.39 Å². The van der Waals surface area contributed by atoms with Gasteiger partial charge < -0.3 is 5.32 Å². The summed E-state index contributed by atoms with van der Waals surface area (Å²) in [4.78, 5) is 4.66. The van der Waals surface area contributed by atoms with Gasteiger partial charge in [-0.05, 0) is 44.9 Å². The topological polar surface area (TPSA) is 24.4 Å². The Morgan fingerprint density at radius 1 is 1.39 bits per heavy atom. The summed E-state index contributed by atoms with van der Waals surface area (Å²) < 4.78 is 12.8. The van der Waals surface area contributed by atoms with Gasteiger partial charge in [-0.15, -0.1) is 0 Å². The van der Waals surface area contributed by atoms with E-state index in [2.05, 4.69) is 31.1 Å². The normalized spacial score (nSPS) is 21.9. The number of thioether (sulfide) groups is 1. The molecule has 1 aliphatic heterocycles. The highest BCUT2D eigenvalue weighted by Gasteiger charge is 2.27. The third-order valence-corrected chi connectivity index (χ3v) is 4.14. The third-order valence-electron chi connectivity index (χ3n) is 2.80. The monoisotopic (exact) mass is 266 g/mol. The summed E-state index contributed by atoms with van der Waals surface area (Å²) in [5.74, 6) is 0.863. The van der Waals surface area contributed by atoms with Gasteiger partial charge in [0.25, 0.3) is 0 Å². The van der Waals surface area contributed by atoms with Gasteiger partial charge in [-0.1, -0.05) is 23.9 Å². The first-order chi connectivity index (χ1) is 8.44. The van der Waals surface area contributed by atoms with Gasteiger partial charge in [0.05, 0.1) is 6.04 Å². The molecule has 1 fully saturated rings. The summed E-state index contributed by atoms with van der Waals surface area (Å²) in [5, 5.41) is 4.43. The molecular formula is C14H19FN2S. The molecule has 2 rings (SSSR count). The first-order valence-electron chi connectivity index (χ1n) is 6.18. The van der Waals surface area contributed by atoms with Gasteiger partial charge in [-0.2, -0.15) is 0 Å². The Labute approximate surface area is 112 Å². The number of hydrogen-bond acceptors (Lipinski definition) is 2. The second-order valence-electron chi connectivity index (χ2n) is 5.41. The van der Waals surface area contributed by atoms with Crippen LogP contribution in [0.4, 0.5) is 4.39 Å². The van der Waals surface area contributed by atoms with Crippen LogP contribution in [0.1, 0.15) is 26.3 Å². The van der Waals surface area contributed by atoms with Crippen molar-refractivity contribution in [2.24, 2.45) is 4.99 Å². The van der Waals surface area contributed by atoms with Crippen LogP contribution in [0.3, 0.4) is 0 Å². The summed E-state index contributed by atoms with van der Waals surface area (Å²) in [6.45, 7) is 6.43. The molecule has 0 bridgehead atoms. The van der Waals surface area contributed by atoms with Crippen molar-refractivity contribution in [3.8, 4) is 0 Å². The highest BCUT2D eigenvalue weighted by atomic mass is 32.2. The van der Waals surface area contributed by atoms with E-state index in [1.165, 1.54) is 12.1 Å². The second-order valence-corrected chi connectivity index (χ2v) is 6.38.